The van der Waals surface area contributed by atoms with Gasteiger partial charge in [0.1, 0.15) is 5.82 Å². The van der Waals surface area contributed by atoms with Crippen LogP contribution in [0.25, 0.3) is 11.1 Å². The second-order valence-corrected chi connectivity index (χ2v) is 4.79. The molecular formula is C17H13FN2O2. The number of benzene rings is 2. The highest BCUT2D eigenvalue weighted by Crippen LogP contribution is 2.27. The first-order valence-electron chi connectivity index (χ1n) is 6.77. The van der Waals surface area contributed by atoms with E-state index in [9.17, 15) is 9.18 Å². The van der Waals surface area contributed by atoms with E-state index in [4.69, 9.17) is 4.52 Å². The lowest BCUT2D eigenvalue weighted by Crippen LogP contribution is -2.14. The number of hydrogen-bond donors (Lipinski definition) is 1. The molecule has 0 fully saturated rings. The van der Waals surface area contributed by atoms with Gasteiger partial charge in [0, 0.05) is 0 Å². The Bertz CT molecular complexity index is 767. The third-order valence-corrected chi connectivity index (χ3v) is 3.19. The smallest absolute Gasteiger partial charge is 0.239 e. The Kier molecular flexibility index (Phi) is 3.96. The third-order valence-electron chi connectivity index (χ3n) is 3.19. The molecule has 0 aliphatic rings. The van der Waals surface area contributed by atoms with Crippen LogP contribution < -0.4 is 5.32 Å². The average molecular weight is 296 g/mol. The standard InChI is InChI=1S/C17H13FN2O2/c18-14-8-6-12(7-9-14)10-16(21)20-17-15(11-19-22-17)13-4-2-1-3-5-13/h1-9,11H,10H2,(H,20,21). The third kappa shape index (κ3) is 3.20. The van der Waals surface area contributed by atoms with Crippen molar-refractivity contribution in [2.24, 2.45) is 0 Å². The second-order valence-electron chi connectivity index (χ2n) is 4.79. The second kappa shape index (κ2) is 6.22. The van der Waals surface area contributed by atoms with Crippen LogP contribution in [0.4, 0.5) is 10.3 Å². The van der Waals surface area contributed by atoms with Crippen LogP contribution in [-0.2, 0) is 11.2 Å². The zero-order chi connectivity index (χ0) is 15.4. The van der Waals surface area contributed by atoms with E-state index in [0.29, 0.717) is 11.4 Å². The van der Waals surface area contributed by atoms with Gasteiger partial charge in [-0.05, 0) is 23.3 Å². The number of amides is 1. The summed E-state index contributed by atoms with van der Waals surface area (Å²) in [6.45, 7) is 0. The summed E-state index contributed by atoms with van der Waals surface area (Å²) in [6, 6.07) is 15.3. The maximum absolute atomic E-state index is 12.8. The molecule has 0 saturated carbocycles. The number of anilines is 1. The van der Waals surface area contributed by atoms with Crippen molar-refractivity contribution in [1.29, 1.82) is 0 Å². The van der Waals surface area contributed by atoms with Gasteiger partial charge in [-0.25, -0.2) is 4.39 Å². The minimum atomic E-state index is -0.328. The first kappa shape index (κ1) is 14.0. The largest absolute Gasteiger partial charge is 0.338 e. The summed E-state index contributed by atoms with van der Waals surface area (Å²) in [6.07, 6.45) is 1.69. The SMILES string of the molecule is O=C(Cc1ccc(F)cc1)Nc1oncc1-c1ccccc1. The molecule has 2 aromatic carbocycles. The molecule has 1 heterocycles. The molecule has 0 unspecified atom stereocenters. The summed E-state index contributed by atoms with van der Waals surface area (Å²) in [5.74, 6) is -0.274. The zero-order valence-corrected chi connectivity index (χ0v) is 11.6. The van der Waals surface area contributed by atoms with Gasteiger partial charge in [0.2, 0.25) is 11.8 Å². The Morgan fingerprint density at radius 3 is 2.55 bits per heavy atom. The predicted octanol–water partition coefficient (Wildman–Crippen LogP) is 3.66. The molecule has 110 valence electrons. The average Bonchev–Trinajstić information content (AvgIpc) is 2.98. The highest BCUT2D eigenvalue weighted by molar-refractivity contribution is 5.94. The van der Waals surface area contributed by atoms with Gasteiger partial charge in [-0.1, -0.05) is 47.6 Å². The van der Waals surface area contributed by atoms with E-state index in [0.717, 1.165) is 11.1 Å². The van der Waals surface area contributed by atoms with Crippen molar-refractivity contribution in [2.45, 2.75) is 6.42 Å². The lowest BCUT2D eigenvalue weighted by Gasteiger charge is -2.04. The highest BCUT2D eigenvalue weighted by atomic mass is 19.1. The maximum atomic E-state index is 12.8. The Morgan fingerprint density at radius 2 is 1.82 bits per heavy atom. The molecule has 1 N–H and O–H groups in total. The lowest BCUT2D eigenvalue weighted by molar-refractivity contribution is -0.115. The van der Waals surface area contributed by atoms with Crippen molar-refractivity contribution in [3.8, 4) is 11.1 Å². The van der Waals surface area contributed by atoms with Gasteiger partial charge in [-0.3, -0.25) is 10.1 Å². The summed E-state index contributed by atoms with van der Waals surface area (Å²) in [4.78, 5) is 12.1. The molecule has 0 atom stereocenters. The van der Waals surface area contributed by atoms with Gasteiger partial charge in [0.15, 0.2) is 0 Å². The number of carbonyl (C=O) groups is 1. The lowest BCUT2D eigenvalue weighted by atomic mass is 10.1. The molecule has 0 bridgehead atoms. The van der Waals surface area contributed by atoms with Gasteiger partial charge in [0.05, 0.1) is 18.2 Å². The molecule has 5 heteroatoms. The van der Waals surface area contributed by atoms with E-state index in [2.05, 4.69) is 10.5 Å². The van der Waals surface area contributed by atoms with Crippen LogP contribution in [0.3, 0.4) is 0 Å². The first-order valence-corrected chi connectivity index (χ1v) is 6.77. The minimum absolute atomic E-state index is 0.134. The van der Waals surface area contributed by atoms with Gasteiger partial charge >= 0.3 is 0 Å². The Balaban J connectivity index is 1.73. The summed E-state index contributed by atoms with van der Waals surface area (Å²) in [5.41, 5.74) is 2.34. The number of rotatable bonds is 4. The number of carbonyl (C=O) groups excluding carboxylic acids is 1. The van der Waals surface area contributed by atoms with Gasteiger partial charge in [0.25, 0.3) is 0 Å². The summed E-state index contributed by atoms with van der Waals surface area (Å²) in [7, 11) is 0. The normalized spacial score (nSPS) is 10.4. The number of nitrogens with zero attached hydrogens (tertiary/aromatic N) is 1. The number of halogens is 1. The topological polar surface area (TPSA) is 55.1 Å². The van der Waals surface area contributed by atoms with E-state index >= 15 is 0 Å². The van der Waals surface area contributed by atoms with E-state index < -0.39 is 0 Å². The van der Waals surface area contributed by atoms with Crippen LogP contribution in [0, 0.1) is 5.82 Å². The van der Waals surface area contributed by atoms with Crippen molar-refractivity contribution in [3.63, 3.8) is 0 Å². The van der Waals surface area contributed by atoms with Crippen molar-refractivity contribution in [2.75, 3.05) is 5.32 Å². The molecule has 1 aromatic heterocycles. The van der Waals surface area contributed by atoms with Crippen LogP contribution >= 0.6 is 0 Å². The van der Waals surface area contributed by atoms with Crippen molar-refractivity contribution < 1.29 is 13.7 Å². The molecular weight excluding hydrogens is 283 g/mol. The molecule has 1 amide bonds. The molecule has 3 aromatic rings. The van der Waals surface area contributed by atoms with E-state index in [1.54, 1.807) is 18.3 Å². The molecule has 0 radical (unpaired) electrons. The molecule has 0 aliphatic carbocycles. The van der Waals surface area contributed by atoms with Crippen molar-refractivity contribution >= 4 is 11.8 Å². The first-order chi connectivity index (χ1) is 10.7. The van der Waals surface area contributed by atoms with Crippen molar-refractivity contribution in [1.82, 2.24) is 5.16 Å². The Hall–Kier alpha value is -2.95. The van der Waals surface area contributed by atoms with Crippen LogP contribution in [0.15, 0.2) is 65.3 Å². The predicted molar refractivity (Wildman–Crippen MR) is 80.7 cm³/mol. The van der Waals surface area contributed by atoms with Gasteiger partial charge in [-0.15, -0.1) is 0 Å². The molecule has 22 heavy (non-hydrogen) atoms. The fourth-order valence-corrected chi connectivity index (χ4v) is 2.11. The number of aromatic nitrogens is 1. The number of nitrogens with one attached hydrogen (secondary N) is 1. The Morgan fingerprint density at radius 1 is 1.09 bits per heavy atom. The summed E-state index contributed by atoms with van der Waals surface area (Å²) in [5, 5.41) is 6.42. The van der Waals surface area contributed by atoms with E-state index in [1.165, 1.54) is 12.1 Å². The van der Waals surface area contributed by atoms with E-state index in [1.807, 2.05) is 30.3 Å². The maximum Gasteiger partial charge on any atom is 0.239 e. The molecule has 0 aliphatic heterocycles. The van der Waals surface area contributed by atoms with Gasteiger partial charge in [-0.2, -0.15) is 0 Å². The van der Waals surface area contributed by atoms with Crippen molar-refractivity contribution in [3.05, 3.63) is 72.2 Å². The van der Waals surface area contributed by atoms with Crippen LogP contribution in [0.5, 0.6) is 0 Å². The molecule has 3 rings (SSSR count). The number of hydrogen-bond acceptors (Lipinski definition) is 3. The molecule has 0 spiro atoms. The molecule has 0 saturated heterocycles. The Labute approximate surface area is 126 Å². The fourth-order valence-electron chi connectivity index (χ4n) is 2.11. The minimum Gasteiger partial charge on any atom is -0.338 e. The van der Waals surface area contributed by atoms with Crippen LogP contribution in [0.2, 0.25) is 0 Å². The van der Waals surface area contributed by atoms with Crippen LogP contribution in [0.1, 0.15) is 5.56 Å². The fraction of sp³-hybridized carbons (Fsp3) is 0.0588. The monoisotopic (exact) mass is 296 g/mol. The van der Waals surface area contributed by atoms with E-state index in [-0.39, 0.29) is 18.1 Å². The zero-order valence-electron chi connectivity index (χ0n) is 11.6. The van der Waals surface area contributed by atoms with Crippen LogP contribution in [-0.4, -0.2) is 11.1 Å². The summed E-state index contributed by atoms with van der Waals surface area (Å²) < 4.78 is 18.0. The quantitative estimate of drug-likeness (QED) is 0.799. The molecule has 4 nitrogen and oxygen atoms in total. The summed E-state index contributed by atoms with van der Waals surface area (Å²) >= 11 is 0. The highest BCUT2D eigenvalue weighted by Gasteiger charge is 2.13. The van der Waals surface area contributed by atoms with Gasteiger partial charge < -0.3 is 4.52 Å².